The van der Waals surface area contributed by atoms with Crippen molar-refractivity contribution in [1.82, 2.24) is 0 Å². The van der Waals surface area contributed by atoms with Gasteiger partial charge in [0.2, 0.25) is 0 Å². The molecule has 4 rings (SSSR count). The molecule has 0 amide bonds. The number of carbonyl (C=O) groups is 2. The number of Topliss-reactive ketones (excluding diaryl/α,β-unsaturated/α-hetero) is 2. The van der Waals surface area contributed by atoms with Crippen molar-refractivity contribution < 1.29 is 24.9 Å². The molecular formula is C20H26O5. The second-order valence-corrected chi connectivity index (χ2v) is 8.88. The number of ketones is 2. The van der Waals surface area contributed by atoms with Crippen molar-refractivity contribution in [2.24, 2.45) is 28.6 Å². The Bertz CT molecular complexity index is 736. The van der Waals surface area contributed by atoms with Gasteiger partial charge in [-0.1, -0.05) is 32.9 Å². The third kappa shape index (κ3) is 1.79. The van der Waals surface area contributed by atoms with E-state index in [1.165, 1.54) is 0 Å². The molecule has 0 saturated heterocycles. The second kappa shape index (κ2) is 4.90. The molecular weight excluding hydrogens is 320 g/mol. The smallest absolute Gasteiger partial charge is 0.189 e. The highest BCUT2D eigenvalue weighted by atomic mass is 16.3. The average molecular weight is 346 g/mol. The van der Waals surface area contributed by atoms with Crippen molar-refractivity contribution in [1.29, 1.82) is 0 Å². The first-order chi connectivity index (χ1) is 11.6. The first kappa shape index (κ1) is 17.1. The lowest BCUT2D eigenvalue weighted by atomic mass is 9.50. The molecule has 1 spiro atoms. The molecule has 0 aromatic rings. The predicted molar refractivity (Wildman–Crippen MR) is 90.4 cm³/mol. The summed E-state index contributed by atoms with van der Waals surface area (Å²) >= 11 is 0. The molecule has 5 nitrogen and oxygen atoms in total. The number of hydrogen-bond acceptors (Lipinski definition) is 5. The highest BCUT2D eigenvalue weighted by molar-refractivity contribution is 6.19. The highest BCUT2D eigenvalue weighted by Crippen LogP contribution is 2.64. The van der Waals surface area contributed by atoms with Crippen molar-refractivity contribution >= 4 is 11.6 Å². The van der Waals surface area contributed by atoms with Crippen LogP contribution in [0.4, 0.5) is 0 Å². The first-order valence-corrected chi connectivity index (χ1v) is 9.15. The zero-order valence-electron chi connectivity index (χ0n) is 15.0. The van der Waals surface area contributed by atoms with Crippen LogP contribution in [0.15, 0.2) is 23.3 Å². The monoisotopic (exact) mass is 346 g/mol. The van der Waals surface area contributed by atoms with Crippen LogP contribution in [0.2, 0.25) is 0 Å². The van der Waals surface area contributed by atoms with Crippen LogP contribution >= 0.6 is 0 Å². The lowest BCUT2D eigenvalue weighted by Crippen LogP contribution is -2.60. The lowest BCUT2D eigenvalue weighted by Gasteiger charge is -2.54. The summed E-state index contributed by atoms with van der Waals surface area (Å²) in [5.74, 6) is -1.20. The van der Waals surface area contributed by atoms with Crippen LogP contribution in [-0.4, -0.2) is 45.2 Å². The first-order valence-electron chi connectivity index (χ1n) is 9.15. The Kier molecular flexibility index (Phi) is 3.36. The van der Waals surface area contributed by atoms with E-state index >= 15 is 0 Å². The third-order valence-electron chi connectivity index (χ3n) is 7.63. The fourth-order valence-electron chi connectivity index (χ4n) is 5.81. The van der Waals surface area contributed by atoms with Gasteiger partial charge in [-0.05, 0) is 31.1 Å². The minimum Gasteiger partial charge on any atom is -0.389 e. The summed E-state index contributed by atoms with van der Waals surface area (Å²) in [6.07, 6.45) is -2.04. The van der Waals surface area contributed by atoms with E-state index in [0.29, 0.717) is 12.8 Å². The highest BCUT2D eigenvalue weighted by Gasteiger charge is 2.71. The zero-order valence-corrected chi connectivity index (χ0v) is 15.0. The SMILES string of the molecule is C=C1[C@@H]2[C@H](O)[C@@H](O)C3=C(C(=O)[C@H](O)[C@@]4(C[C@@H]4C)C3=O)[C@@]2(C)CC[C@@H]1C. The van der Waals surface area contributed by atoms with Crippen LogP contribution in [0.5, 0.6) is 0 Å². The van der Waals surface area contributed by atoms with Crippen molar-refractivity contribution in [2.45, 2.75) is 58.3 Å². The Morgan fingerprint density at radius 3 is 2.32 bits per heavy atom. The summed E-state index contributed by atoms with van der Waals surface area (Å²) in [6, 6.07) is 0. The summed E-state index contributed by atoms with van der Waals surface area (Å²) in [7, 11) is 0. The standard InChI is InChI=1S/C20H26O5/c1-8-5-6-19(4)12(10(8)3)15(22)14(21)11-13(19)16(23)18(25)20(17(11)24)7-9(20)2/h8-9,12,14-15,18,21-22,25H,3,5-7H2,1-2,4H3/t8-,9-,12+,14-,15-,18-,19-,20+/m0/s1. The molecule has 2 saturated carbocycles. The quantitative estimate of drug-likeness (QED) is 0.572. The largest absolute Gasteiger partial charge is 0.389 e. The van der Waals surface area contributed by atoms with Crippen LogP contribution in [0, 0.1) is 28.6 Å². The summed E-state index contributed by atoms with van der Waals surface area (Å²) in [5, 5.41) is 32.2. The van der Waals surface area contributed by atoms with Gasteiger partial charge in [0, 0.05) is 22.5 Å². The Hall–Kier alpha value is -1.30. The molecule has 5 heteroatoms. The molecule has 0 bridgehead atoms. The van der Waals surface area contributed by atoms with Gasteiger partial charge in [0.15, 0.2) is 11.6 Å². The molecule has 0 aromatic heterocycles. The topological polar surface area (TPSA) is 94.8 Å². The molecule has 8 atom stereocenters. The van der Waals surface area contributed by atoms with E-state index in [1.54, 1.807) is 0 Å². The van der Waals surface area contributed by atoms with Crippen molar-refractivity contribution in [3.63, 3.8) is 0 Å². The Balaban J connectivity index is 1.94. The van der Waals surface area contributed by atoms with E-state index in [4.69, 9.17) is 0 Å². The van der Waals surface area contributed by atoms with Gasteiger partial charge in [-0.15, -0.1) is 0 Å². The minimum absolute atomic E-state index is 0.0493. The lowest BCUT2D eigenvalue weighted by molar-refractivity contribution is -0.145. The minimum atomic E-state index is -1.40. The molecule has 4 aliphatic rings. The van der Waals surface area contributed by atoms with Crippen LogP contribution in [0.1, 0.15) is 40.0 Å². The number of aliphatic hydroxyl groups excluding tert-OH is 3. The molecule has 4 aliphatic carbocycles. The van der Waals surface area contributed by atoms with E-state index in [9.17, 15) is 24.9 Å². The Labute approximate surface area is 147 Å². The molecule has 0 aliphatic heterocycles. The zero-order chi connectivity index (χ0) is 18.5. The second-order valence-electron chi connectivity index (χ2n) is 8.88. The fourth-order valence-corrected chi connectivity index (χ4v) is 5.81. The van der Waals surface area contributed by atoms with Crippen LogP contribution in [0.3, 0.4) is 0 Å². The van der Waals surface area contributed by atoms with Crippen LogP contribution < -0.4 is 0 Å². The van der Waals surface area contributed by atoms with Gasteiger partial charge in [-0.2, -0.15) is 0 Å². The van der Waals surface area contributed by atoms with Gasteiger partial charge in [-0.25, -0.2) is 0 Å². The fraction of sp³-hybridized carbons (Fsp3) is 0.700. The predicted octanol–water partition coefficient (Wildman–Crippen LogP) is 1.17. The molecule has 25 heavy (non-hydrogen) atoms. The van der Waals surface area contributed by atoms with E-state index in [1.807, 2.05) is 20.8 Å². The summed E-state index contributed by atoms with van der Waals surface area (Å²) < 4.78 is 0. The summed E-state index contributed by atoms with van der Waals surface area (Å²) in [6.45, 7) is 9.83. The van der Waals surface area contributed by atoms with E-state index in [0.717, 1.165) is 12.0 Å². The molecule has 3 N–H and O–H groups in total. The number of hydrogen-bond donors (Lipinski definition) is 3. The van der Waals surface area contributed by atoms with Gasteiger partial charge >= 0.3 is 0 Å². The van der Waals surface area contributed by atoms with Gasteiger partial charge < -0.3 is 15.3 Å². The maximum absolute atomic E-state index is 13.2. The Morgan fingerprint density at radius 1 is 1.16 bits per heavy atom. The van der Waals surface area contributed by atoms with Gasteiger partial charge in [0.05, 0.1) is 11.5 Å². The maximum atomic E-state index is 13.2. The molecule has 0 heterocycles. The van der Waals surface area contributed by atoms with Crippen molar-refractivity contribution in [3.8, 4) is 0 Å². The summed E-state index contributed by atoms with van der Waals surface area (Å²) in [5.41, 5.74) is -0.774. The van der Waals surface area contributed by atoms with Gasteiger partial charge in [-0.3, -0.25) is 9.59 Å². The molecule has 136 valence electrons. The van der Waals surface area contributed by atoms with E-state index in [-0.39, 0.29) is 28.8 Å². The molecule has 0 aromatic carbocycles. The Morgan fingerprint density at radius 2 is 1.76 bits per heavy atom. The molecule has 2 fully saturated rings. The van der Waals surface area contributed by atoms with E-state index < -0.39 is 40.8 Å². The van der Waals surface area contributed by atoms with Crippen molar-refractivity contribution in [3.05, 3.63) is 23.3 Å². The van der Waals surface area contributed by atoms with Gasteiger partial charge in [0.1, 0.15) is 12.2 Å². The molecule has 0 unspecified atom stereocenters. The maximum Gasteiger partial charge on any atom is 0.189 e. The third-order valence-corrected chi connectivity index (χ3v) is 7.63. The van der Waals surface area contributed by atoms with Crippen molar-refractivity contribution in [2.75, 3.05) is 0 Å². The normalized spacial score (nSPS) is 52.3. The number of aliphatic hydroxyl groups is 3. The van der Waals surface area contributed by atoms with Crippen LogP contribution in [-0.2, 0) is 9.59 Å². The summed E-state index contributed by atoms with van der Waals surface area (Å²) in [4.78, 5) is 26.3. The average Bonchev–Trinajstić information content (AvgIpc) is 3.23. The van der Waals surface area contributed by atoms with E-state index in [2.05, 4.69) is 6.58 Å². The number of carbonyl (C=O) groups excluding carboxylic acids is 2. The number of rotatable bonds is 0. The number of fused-ring (bicyclic) bond motifs is 2. The molecule has 0 radical (unpaired) electrons. The van der Waals surface area contributed by atoms with Crippen LogP contribution in [0.25, 0.3) is 0 Å². The van der Waals surface area contributed by atoms with Gasteiger partial charge in [0.25, 0.3) is 0 Å².